The minimum absolute atomic E-state index is 0.223. The molecule has 104 valence electrons. The first-order valence-electron chi connectivity index (χ1n) is 6.70. The predicted molar refractivity (Wildman–Crippen MR) is 83.2 cm³/mol. The van der Waals surface area contributed by atoms with Crippen LogP contribution in [0.5, 0.6) is 5.75 Å². The Bertz CT molecular complexity index is 601. The minimum atomic E-state index is 0.223. The maximum Gasteiger partial charge on any atom is 0.121 e. The summed E-state index contributed by atoms with van der Waals surface area (Å²) >= 11 is 1.52. The van der Waals surface area contributed by atoms with Gasteiger partial charge in [0.2, 0.25) is 0 Å². The first-order valence-corrected chi connectivity index (χ1v) is 7.52. The highest BCUT2D eigenvalue weighted by molar-refractivity contribution is 7.12. The van der Waals surface area contributed by atoms with Gasteiger partial charge in [-0.1, -0.05) is 13.0 Å². The van der Waals surface area contributed by atoms with Crippen molar-refractivity contribution in [3.63, 3.8) is 0 Å². The molecule has 2 aromatic rings. The van der Waals surface area contributed by atoms with Gasteiger partial charge in [0.05, 0.1) is 6.10 Å². The van der Waals surface area contributed by atoms with Crippen LogP contribution in [0.15, 0.2) is 36.4 Å². The molecule has 0 amide bonds. The molecule has 0 saturated heterocycles. The molecule has 1 N–H and O–H groups in total. The predicted octanol–water partition coefficient (Wildman–Crippen LogP) is 4.41. The lowest BCUT2D eigenvalue weighted by atomic mass is 10.2. The van der Waals surface area contributed by atoms with E-state index in [9.17, 15) is 0 Å². The summed E-state index contributed by atoms with van der Waals surface area (Å²) in [5.74, 6) is 0.883. The fourth-order valence-corrected chi connectivity index (χ4v) is 2.46. The van der Waals surface area contributed by atoms with E-state index in [-0.39, 0.29) is 6.10 Å². The first kappa shape index (κ1) is 14.4. The molecule has 3 nitrogen and oxygen atoms in total. The number of hydrogen-bond acceptors (Lipinski definition) is 4. The third kappa shape index (κ3) is 4.01. The molecule has 0 aliphatic heterocycles. The van der Waals surface area contributed by atoms with Crippen molar-refractivity contribution in [2.45, 2.75) is 32.9 Å². The fraction of sp³-hybridized carbons (Fsp3) is 0.312. The van der Waals surface area contributed by atoms with Crippen LogP contribution in [0.2, 0.25) is 0 Å². The van der Waals surface area contributed by atoms with Crippen molar-refractivity contribution < 1.29 is 4.74 Å². The maximum absolute atomic E-state index is 8.80. The minimum Gasteiger partial charge on any atom is -0.491 e. The number of nitrogens with one attached hydrogen (secondary N) is 1. The van der Waals surface area contributed by atoms with Crippen molar-refractivity contribution in [2.24, 2.45) is 0 Å². The van der Waals surface area contributed by atoms with E-state index in [1.165, 1.54) is 11.3 Å². The van der Waals surface area contributed by atoms with Crippen LogP contribution in [0.4, 0.5) is 5.69 Å². The number of ether oxygens (including phenoxy) is 1. The number of thiophene rings is 1. The van der Waals surface area contributed by atoms with Gasteiger partial charge in [-0.25, -0.2) is 0 Å². The van der Waals surface area contributed by atoms with Crippen LogP contribution in [0.1, 0.15) is 30.0 Å². The largest absolute Gasteiger partial charge is 0.491 e. The molecule has 1 aromatic carbocycles. The summed E-state index contributed by atoms with van der Waals surface area (Å²) in [5.41, 5.74) is 1.03. The van der Waals surface area contributed by atoms with Gasteiger partial charge in [-0.3, -0.25) is 0 Å². The van der Waals surface area contributed by atoms with Gasteiger partial charge in [-0.05, 0) is 37.6 Å². The number of benzene rings is 1. The topological polar surface area (TPSA) is 45.0 Å². The lowest BCUT2D eigenvalue weighted by Gasteiger charge is -2.13. The van der Waals surface area contributed by atoms with Gasteiger partial charge in [0, 0.05) is 23.2 Å². The Balaban J connectivity index is 1.96. The van der Waals surface area contributed by atoms with Crippen LogP contribution in [-0.4, -0.2) is 6.10 Å². The second-order valence-corrected chi connectivity index (χ2v) is 5.76. The molecule has 20 heavy (non-hydrogen) atoms. The van der Waals surface area contributed by atoms with Crippen LogP contribution in [0.25, 0.3) is 0 Å². The number of nitriles is 1. The van der Waals surface area contributed by atoms with Crippen LogP contribution < -0.4 is 10.1 Å². The Morgan fingerprint density at radius 2 is 2.20 bits per heavy atom. The van der Waals surface area contributed by atoms with Crippen molar-refractivity contribution in [1.82, 2.24) is 0 Å². The molecule has 0 bridgehead atoms. The van der Waals surface area contributed by atoms with Gasteiger partial charge in [0.1, 0.15) is 16.7 Å². The van der Waals surface area contributed by atoms with Gasteiger partial charge in [-0.15, -0.1) is 11.3 Å². The van der Waals surface area contributed by atoms with E-state index in [2.05, 4.69) is 25.2 Å². The third-order valence-electron chi connectivity index (χ3n) is 2.98. The molecule has 0 saturated carbocycles. The van der Waals surface area contributed by atoms with Crippen LogP contribution in [0.3, 0.4) is 0 Å². The molecule has 1 unspecified atom stereocenters. The zero-order valence-corrected chi connectivity index (χ0v) is 12.5. The monoisotopic (exact) mass is 286 g/mol. The molecule has 1 atom stereocenters. The highest BCUT2D eigenvalue weighted by Crippen LogP contribution is 2.21. The average Bonchev–Trinajstić information content (AvgIpc) is 2.93. The van der Waals surface area contributed by atoms with E-state index < -0.39 is 0 Å². The highest BCUT2D eigenvalue weighted by atomic mass is 32.1. The fourth-order valence-electron chi connectivity index (χ4n) is 1.72. The normalized spacial score (nSPS) is 11.7. The Hall–Kier alpha value is -1.99. The van der Waals surface area contributed by atoms with Gasteiger partial charge < -0.3 is 10.1 Å². The molecule has 0 aliphatic carbocycles. The van der Waals surface area contributed by atoms with Crippen molar-refractivity contribution in [3.05, 3.63) is 46.2 Å². The zero-order valence-electron chi connectivity index (χ0n) is 11.7. The van der Waals surface area contributed by atoms with Gasteiger partial charge in [0.15, 0.2) is 0 Å². The lowest BCUT2D eigenvalue weighted by Crippen LogP contribution is -2.09. The summed E-state index contributed by atoms with van der Waals surface area (Å²) in [7, 11) is 0. The molecule has 0 radical (unpaired) electrons. The van der Waals surface area contributed by atoms with E-state index in [1.54, 1.807) is 0 Å². The maximum atomic E-state index is 8.80. The molecule has 0 aliphatic rings. The molecule has 1 aromatic heterocycles. The van der Waals surface area contributed by atoms with E-state index in [0.717, 1.165) is 34.2 Å². The Labute approximate surface area is 123 Å². The molecular formula is C16H18N2OS. The number of anilines is 1. The Morgan fingerprint density at radius 3 is 2.90 bits per heavy atom. The standard InChI is InChI=1S/C16H18N2OS/c1-3-12(2)19-14-6-4-5-13(9-14)18-11-16-8-7-15(10-17)20-16/h4-9,12,18H,3,11H2,1-2H3. The van der Waals surface area contributed by atoms with Crippen molar-refractivity contribution >= 4 is 17.0 Å². The number of hydrogen-bond donors (Lipinski definition) is 1. The average molecular weight is 286 g/mol. The molecule has 0 fully saturated rings. The summed E-state index contributed by atoms with van der Waals surface area (Å²) in [6, 6.07) is 14.0. The summed E-state index contributed by atoms with van der Waals surface area (Å²) in [6.07, 6.45) is 1.21. The van der Waals surface area contributed by atoms with Crippen molar-refractivity contribution in [2.75, 3.05) is 5.32 Å². The third-order valence-corrected chi connectivity index (χ3v) is 3.97. The molecule has 1 heterocycles. The van der Waals surface area contributed by atoms with E-state index in [0.29, 0.717) is 0 Å². The number of nitrogens with zero attached hydrogens (tertiary/aromatic N) is 1. The second kappa shape index (κ2) is 6.97. The van der Waals surface area contributed by atoms with Gasteiger partial charge >= 0.3 is 0 Å². The van der Waals surface area contributed by atoms with E-state index in [4.69, 9.17) is 10.00 Å². The molecule has 0 spiro atoms. The summed E-state index contributed by atoms with van der Waals surface area (Å²) in [6.45, 7) is 4.89. The summed E-state index contributed by atoms with van der Waals surface area (Å²) < 4.78 is 5.80. The van der Waals surface area contributed by atoms with Crippen LogP contribution >= 0.6 is 11.3 Å². The SMILES string of the molecule is CCC(C)Oc1cccc(NCc2ccc(C#N)s2)c1. The van der Waals surface area contributed by atoms with Crippen molar-refractivity contribution in [3.8, 4) is 11.8 Å². The molecule has 4 heteroatoms. The molecular weight excluding hydrogens is 268 g/mol. The quantitative estimate of drug-likeness (QED) is 0.855. The van der Waals surface area contributed by atoms with Crippen LogP contribution in [0, 0.1) is 11.3 Å². The summed E-state index contributed by atoms with van der Waals surface area (Å²) in [4.78, 5) is 1.89. The van der Waals surface area contributed by atoms with Crippen molar-refractivity contribution in [1.29, 1.82) is 5.26 Å². The Morgan fingerprint density at radius 1 is 1.35 bits per heavy atom. The second-order valence-electron chi connectivity index (χ2n) is 4.60. The number of rotatable bonds is 6. The van der Waals surface area contributed by atoms with Crippen LogP contribution in [-0.2, 0) is 6.54 Å². The smallest absolute Gasteiger partial charge is 0.121 e. The van der Waals surface area contributed by atoms with E-state index >= 15 is 0 Å². The van der Waals surface area contributed by atoms with Gasteiger partial charge in [0.25, 0.3) is 0 Å². The summed E-state index contributed by atoms with van der Waals surface area (Å²) in [5, 5.41) is 12.2. The zero-order chi connectivity index (χ0) is 14.4. The lowest BCUT2D eigenvalue weighted by molar-refractivity contribution is 0.217. The first-order chi connectivity index (χ1) is 9.71. The molecule has 2 rings (SSSR count). The Kier molecular flexibility index (Phi) is 5.03. The van der Waals surface area contributed by atoms with E-state index in [1.807, 2.05) is 36.4 Å². The highest BCUT2D eigenvalue weighted by Gasteiger charge is 2.03. The van der Waals surface area contributed by atoms with Gasteiger partial charge in [-0.2, -0.15) is 5.26 Å².